The predicted octanol–water partition coefficient (Wildman–Crippen LogP) is 1.75. The minimum absolute atomic E-state index is 0.152. The summed E-state index contributed by atoms with van der Waals surface area (Å²) in [6.45, 7) is 1.55. The van der Waals surface area contributed by atoms with Crippen LogP contribution in [0.5, 0.6) is 11.5 Å². The highest BCUT2D eigenvalue weighted by molar-refractivity contribution is 5.87. The van der Waals surface area contributed by atoms with Crippen LogP contribution in [0.3, 0.4) is 0 Å². The molecule has 5 nitrogen and oxygen atoms in total. The van der Waals surface area contributed by atoms with Crippen molar-refractivity contribution in [3.8, 4) is 11.5 Å². The molecule has 0 saturated carbocycles. The third-order valence-corrected chi connectivity index (χ3v) is 2.54. The Kier molecular flexibility index (Phi) is 2.45. The molecule has 1 saturated heterocycles. The topological polar surface area (TPSA) is 61.2 Å². The van der Waals surface area contributed by atoms with Crippen LogP contribution in [-0.4, -0.2) is 25.8 Å². The quantitative estimate of drug-likeness (QED) is 0.582. The normalized spacial score (nSPS) is 18.0. The molecule has 5 heteroatoms. The van der Waals surface area contributed by atoms with E-state index in [0.29, 0.717) is 35.5 Å². The van der Waals surface area contributed by atoms with Gasteiger partial charge >= 0.3 is 0 Å². The van der Waals surface area contributed by atoms with Crippen LogP contribution in [0.25, 0.3) is 11.0 Å². The van der Waals surface area contributed by atoms with Gasteiger partial charge in [0, 0.05) is 0 Å². The highest BCUT2D eigenvalue weighted by Gasteiger charge is 2.24. The molecule has 3 rings (SSSR count). The molecule has 0 spiro atoms. The molecule has 0 N–H and O–H groups in total. The number of furan rings is 1. The number of fused-ring (bicyclic) bond motifs is 1. The fraction of sp³-hybridized carbons (Fsp3) is 0.250. The Morgan fingerprint density at radius 2 is 2.29 bits per heavy atom. The van der Waals surface area contributed by atoms with E-state index in [4.69, 9.17) is 18.6 Å². The van der Waals surface area contributed by atoms with Gasteiger partial charge in [-0.05, 0) is 18.2 Å². The molecular formula is C12H10O5. The lowest BCUT2D eigenvalue weighted by atomic mass is 10.2. The van der Waals surface area contributed by atoms with E-state index in [9.17, 15) is 4.79 Å². The number of carbonyl (C=O) groups excluding carboxylic acids is 1. The Balaban J connectivity index is 1.95. The Morgan fingerprint density at radius 1 is 1.41 bits per heavy atom. The Morgan fingerprint density at radius 3 is 3.06 bits per heavy atom. The number of hydrogen-bond acceptors (Lipinski definition) is 5. The summed E-state index contributed by atoms with van der Waals surface area (Å²) in [5.41, 5.74) is 0.650. The first-order chi connectivity index (χ1) is 8.38. The summed E-state index contributed by atoms with van der Waals surface area (Å²) in [6, 6.07) is 5.22. The van der Waals surface area contributed by atoms with E-state index in [0.717, 1.165) is 6.61 Å². The third-order valence-electron chi connectivity index (χ3n) is 2.54. The summed E-state index contributed by atoms with van der Waals surface area (Å²) in [6.07, 6.45) is 1.69. The van der Waals surface area contributed by atoms with Crippen molar-refractivity contribution in [3.63, 3.8) is 0 Å². The van der Waals surface area contributed by atoms with Crippen LogP contribution >= 0.6 is 0 Å². The van der Waals surface area contributed by atoms with Crippen molar-refractivity contribution in [2.24, 2.45) is 0 Å². The summed E-state index contributed by atoms with van der Waals surface area (Å²) in [7, 11) is 0. The molecular weight excluding hydrogens is 224 g/mol. The SMILES string of the molecule is O=COc1c(OCC2CO2)ccc2occc12. The highest BCUT2D eigenvalue weighted by Crippen LogP contribution is 2.36. The molecule has 1 aliphatic rings. The minimum atomic E-state index is 0.152. The number of rotatable bonds is 5. The van der Waals surface area contributed by atoms with Crippen molar-refractivity contribution in [2.75, 3.05) is 13.2 Å². The predicted molar refractivity (Wildman–Crippen MR) is 58.1 cm³/mol. The van der Waals surface area contributed by atoms with E-state index in [2.05, 4.69) is 0 Å². The van der Waals surface area contributed by atoms with Gasteiger partial charge < -0.3 is 18.6 Å². The van der Waals surface area contributed by atoms with E-state index in [1.54, 1.807) is 18.2 Å². The molecule has 1 unspecified atom stereocenters. The molecule has 1 aliphatic heterocycles. The maximum absolute atomic E-state index is 10.5. The lowest BCUT2D eigenvalue weighted by Gasteiger charge is -2.09. The molecule has 17 heavy (non-hydrogen) atoms. The molecule has 1 aromatic heterocycles. The number of benzene rings is 1. The molecule has 0 bridgehead atoms. The monoisotopic (exact) mass is 234 g/mol. The van der Waals surface area contributed by atoms with Crippen molar-refractivity contribution in [1.82, 2.24) is 0 Å². The van der Waals surface area contributed by atoms with Crippen molar-refractivity contribution >= 4 is 17.4 Å². The molecule has 0 aliphatic carbocycles. The van der Waals surface area contributed by atoms with Crippen LogP contribution in [0.1, 0.15) is 0 Å². The zero-order valence-electron chi connectivity index (χ0n) is 8.92. The maximum atomic E-state index is 10.5. The van der Waals surface area contributed by atoms with E-state index in [1.165, 1.54) is 6.26 Å². The van der Waals surface area contributed by atoms with Gasteiger partial charge in [-0.3, -0.25) is 4.79 Å². The molecule has 2 aromatic rings. The summed E-state index contributed by atoms with van der Waals surface area (Å²) in [4.78, 5) is 10.5. The lowest BCUT2D eigenvalue weighted by Crippen LogP contribution is -2.05. The second kappa shape index (κ2) is 4.10. The van der Waals surface area contributed by atoms with Crippen molar-refractivity contribution in [3.05, 3.63) is 24.5 Å². The first kappa shape index (κ1) is 10.2. The largest absolute Gasteiger partial charge is 0.487 e. The molecule has 1 aromatic carbocycles. The number of epoxide rings is 1. The molecule has 2 heterocycles. The summed E-state index contributed by atoms with van der Waals surface area (Å²) in [5, 5.41) is 0.714. The summed E-state index contributed by atoms with van der Waals surface area (Å²) >= 11 is 0. The van der Waals surface area contributed by atoms with E-state index in [-0.39, 0.29) is 6.10 Å². The van der Waals surface area contributed by atoms with Crippen molar-refractivity contribution < 1.29 is 23.4 Å². The van der Waals surface area contributed by atoms with E-state index < -0.39 is 0 Å². The lowest BCUT2D eigenvalue weighted by molar-refractivity contribution is -0.120. The molecule has 1 atom stereocenters. The summed E-state index contributed by atoms with van der Waals surface area (Å²) in [5.74, 6) is 0.897. The van der Waals surface area contributed by atoms with Gasteiger partial charge in [-0.15, -0.1) is 0 Å². The Bertz CT molecular complexity index is 541. The second-order valence-corrected chi connectivity index (χ2v) is 3.71. The van der Waals surface area contributed by atoms with Gasteiger partial charge in [-0.2, -0.15) is 0 Å². The van der Waals surface area contributed by atoms with Gasteiger partial charge in [0.25, 0.3) is 6.47 Å². The van der Waals surface area contributed by atoms with Crippen LogP contribution in [0.2, 0.25) is 0 Å². The van der Waals surface area contributed by atoms with E-state index in [1.807, 2.05) is 0 Å². The molecule has 0 radical (unpaired) electrons. The fourth-order valence-electron chi connectivity index (χ4n) is 1.63. The van der Waals surface area contributed by atoms with Gasteiger partial charge in [0.05, 0.1) is 18.3 Å². The molecule has 88 valence electrons. The first-order valence-electron chi connectivity index (χ1n) is 5.23. The number of carbonyl (C=O) groups is 1. The maximum Gasteiger partial charge on any atom is 0.298 e. The van der Waals surface area contributed by atoms with Crippen LogP contribution in [-0.2, 0) is 9.53 Å². The molecule has 0 amide bonds. The Labute approximate surface area is 96.9 Å². The second-order valence-electron chi connectivity index (χ2n) is 3.71. The smallest absolute Gasteiger partial charge is 0.298 e. The van der Waals surface area contributed by atoms with Crippen LogP contribution in [0.4, 0.5) is 0 Å². The zero-order valence-corrected chi connectivity index (χ0v) is 8.92. The first-order valence-corrected chi connectivity index (χ1v) is 5.23. The average Bonchev–Trinajstić information content (AvgIpc) is 3.04. The zero-order chi connectivity index (χ0) is 11.7. The van der Waals surface area contributed by atoms with Crippen LogP contribution < -0.4 is 9.47 Å². The molecule has 1 fully saturated rings. The van der Waals surface area contributed by atoms with Crippen LogP contribution in [0, 0.1) is 0 Å². The highest BCUT2D eigenvalue weighted by atomic mass is 16.6. The van der Waals surface area contributed by atoms with Crippen LogP contribution in [0.15, 0.2) is 28.9 Å². The standard InChI is InChI=1S/C12H10O5/c13-7-17-12-9-3-4-14-10(9)1-2-11(12)16-6-8-5-15-8/h1-4,7-8H,5-6H2. The minimum Gasteiger partial charge on any atom is -0.487 e. The fourth-order valence-corrected chi connectivity index (χ4v) is 1.63. The van der Waals surface area contributed by atoms with Crippen molar-refractivity contribution in [1.29, 1.82) is 0 Å². The van der Waals surface area contributed by atoms with Gasteiger partial charge in [-0.1, -0.05) is 0 Å². The Hall–Kier alpha value is -2.01. The summed E-state index contributed by atoms with van der Waals surface area (Å²) < 4.78 is 20.8. The van der Waals surface area contributed by atoms with Gasteiger partial charge in [-0.25, -0.2) is 0 Å². The average molecular weight is 234 g/mol. The van der Waals surface area contributed by atoms with Gasteiger partial charge in [0.1, 0.15) is 18.3 Å². The van der Waals surface area contributed by atoms with Gasteiger partial charge in [0.15, 0.2) is 11.5 Å². The van der Waals surface area contributed by atoms with Crippen molar-refractivity contribution in [2.45, 2.75) is 6.10 Å². The third kappa shape index (κ3) is 1.97. The van der Waals surface area contributed by atoms with E-state index >= 15 is 0 Å². The number of hydrogen-bond donors (Lipinski definition) is 0. The van der Waals surface area contributed by atoms with Gasteiger partial charge in [0.2, 0.25) is 0 Å². The number of ether oxygens (including phenoxy) is 3.